The fraction of sp³-hybridized carbons (Fsp3) is 0.0870. The first-order chi connectivity index (χ1) is 14.1. The van der Waals surface area contributed by atoms with Crippen molar-refractivity contribution in [3.05, 3.63) is 95.0 Å². The molecule has 4 rings (SSSR count). The molecule has 0 aliphatic rings. The number of ketones is 1. The van der Waals surface area contributed by atoms with Crippen molar-refractivity contribution in [1.82, 2.24) is 9.97 Å². The Labute approximate surface area is 172 Å². The van der Waals surface area contributed by atoms with Crippen LogP contribution in [0.3, 0.4) is 0 Å². The topological polar surface area (TPSA) is 52.1 Å². The molecule has 0 amide bonds. The van der Waals surface area contributed by atoms with Gasteiger partial charge in [-0.1, -0.05) is 29.8 Å². The molecular formula is C23H16ClFN2O2. The number of aromatic nitrogens is 2. The highest BCUT2D eigenvalue weighted by atomic mass is 35.5. The molecule has 4 aromatic rings. The van der Waals surface area contributed by atoms with Crippen LogP contribution < -0.4 is 4.74 Å². The molecule has 0 aliphatic heterocycles. The Bertz CT molecular complexity index is 1180. The Balaban J connectivity index is 1.44. The fourth-order valence-corrected chi connectivity index (χ4v) is 3.12. The number of Topliss-reactive ketones (excluding diaryl/α,β-unsaturated/α-hetero) is 1. The molecule has 1 heterocycles. The summed E-state index contributed by atoms with van der Waals surface area (Å²) in [6.07, 6.45) is 3.61. The van der Waals surface area contributed by atoms with Gasteiger partial charge in [0.2, 0.25) is 0 Å². The van der Waals surface area contributed by atoms with Crippen LogP contribution >= 0.6 is 11.6 Å². The van der Waals surface area contributed by atoms with Gasteiger partial charge in [-0.3, -0.25) is 14.8 Å². The van der Waals surface area contributed by atoms with Gasteiger partial charge in [0.15, 0.2) is 11.6 Å². The van der Waals surface area contributed by atoms with E-state index < -0.39 is 5.82 Å². The van der Waals surface area contributed by atoms with E-state index in [0.29, 0.717) is 21.9 Å². The quantitative estimate of drug-likeness (QED) is 0.420. The maximum absolute atomic E-state index is 14.5. The number of carbonyl (C=O) groups excluding carboxylic acids is 1. The molecule has 1 aromatic heterocycles. The lowest BCUT2D eigenvalue weighted by Crippen LogP contribution is -2.07. The monoisotopic (exact) mass is 406 g/mol. The van der Waals surface area contributed by atoms with Crippen molar-refractivity contribution in [2.24, 2.45) is 0 Å². The van der Waals surface area contributed by atoms with Gasteiger partial charge in [-0.2, -0.15) is 0 Å². The van der Waals surface area contributed by atoms with Crippen LogP contribution in [0.1, 0.15) is 11.1 Å². The number of hydrogen-bond acceptors (Lipinski definition) is 4. The number of carbonyl (C=O) groups is 1. The second-order valence-electron chi connectivity index (χ2n) is 6.59. The molecular weight excluding hydrogens is 391 g/mol. The molecule has 4 nitrogen and oxygen atoms in total. The van der Waals surface area contributed by atoms with Gasteiger partial charge in [0.1, 0.15) is 11.5 Å². The van der Waals surface area contributed by atoms with Gasteiger partial charge in [-0.25, -0.2) is 4.39 Å². The summed E-state index contributed by atoms with van der Waals surface area (Å²) in [5.74, 6) is 0.0140. The van der Waals surface area contributed by atoms with Gasteiger partial charge >= 0.3 is 0 Å². The molecule has 3 aromatic carbocycles. The average molecular weight is 407 g/mol. The molecule has 144 valence electrons. The molecule has 6 heteroatoms. The highest BCUT2D eigenvalue weighted by Crippen LogP contribution is 2.27. The van der Waals surface area contributed by atoms with Gasteiger partial charge in [0.05, 0.1) is 11.0 Å². The molecule has 0 radical (unpaired) electrons. The van der Waals surface area contributed by atoms with Crippen LogP contribution in [-0.2, 0) is 17.6 Å². The minimum Gasteiger partial charge on any atom is -0.454 e. The van der Waals surface area contributed by atoms with Crippen LogP contribution in [0.15, 0.2) is 73.1 Å². The molecule has 0 bridgehead atoms. The van der Waals surface area contributed by atoms with Gasteiger partial charge in [-0.15, -0.1) is 0 Å². The normalized spacial score (nSPS) is 10.8. The lowest BCUT2D eigenvalue weighted by Gasteiger charge is -2.09. The van der Waals surface area contributed by atoms with E-state index in [1.807, 2.05) is 12.1 Å². The van der Waals surface area contributed by atoms with Gasteiger partial charge in [0.25, 0.3) is 0 Å². The van der Waals surface area contributed by atoms with Gasteiger partial charge in [0, 0.05) is 36.3 Å². The minimum absolute atomic E-state index is 0.00602. The standard InChI is InChI=1S/C23H16ClFN2O2/c24-17-4-1-15(2-5-17)11-18(28)12-16-3-8-23(20(25)13-16)29-19-6-7-21-22(14-19)27-10-9-26-21/h1-10,13-14H,11-12H2. The van der Waals surface area contributed by atoms with Crippen LogP contribution in [0.4, 0.5) is 4.39 Å². The summed E-state index contributed by atoms with van der Waals surface area (Å²) >= 11 is 5.85. The second kappa shape index (κ2) is 8.37. The number of ether oxygens (including phenoxy) is 1. The smallest absolute Gasteiger partial charge is 0.166 e. The van der Waals surface area contributed by atoms with Crippen molar-refractivity contribution >= 4 is 28.4 Å². The zero-order valence-electron chi connectivity index (χ0n) is 15.3. The Morgan fingerprint density at radius 1 is 0.862 bits per heavy atom. The van der Waals surface area contributed by atoms with Gasteiger partial charge in [-0.05, 0) is 47.5 Å². The molecule has 0 spiro atoms. The Kier molecular flexibility index (Phi) is 5.49. The predicted molar refractivity (Wildman–Crippen MR) is 110 cm³/mol. The van der Waals surface area contributed by atoms with Crippen molar-refractivity contribution in [2.75, 3.05) is 0 Å². The molecule has 0 saturated heterocycles. The average Bonchev–Trinajstić information content (AvgIpc) is 2.72. The number of halogens is 2. The van der Waals surface area contributed by atoms with Crippen molar-refractivity contribution in [2.45, 2.75) is 12.8 Å². The molecule has 0 unspecified atom stereocenters. The molecule has 29 heavy (non-hydrogen) atoms. The van der Waals surface area contributed by atoms with Crippen molar-refractivity contribution in [3.8, 4) is 11.5 Å². The molecule has 0 saturated carbocycles. The molecule has 0 fully saturated rings. The summed E-state index contributed by atoms with van der Waals surface area (Å²) in [7, 11) is 0. The van der Waals surface area contributed by atoms with Crippen LogP contribution in [0.5, 0.6) is 11.5 Å². The molecule has 0 atom stereocenters. The summed E-state index contributed by atoms with van der Waals surface area (Å²) in [5, 5.41) is 0.623. The van der Waals surface area contributed by atoms with E-state index in [1.165, 1.54) is 12.1 Å². The number of benzene rings is 3. The van der Waals surface area contributed by atoms with Crippen LogP contribution in [-0.4, -0.2) is 15.8 Å². The SMILES string of the molecule is O=C(Cc1ccc(Cl)cc1)Cc1ccc(Oc2ccc3nccnc3c2)c(F)c1. The summed E-state index contributed by atoms with van der Waals surface area (Å²) in [5.41, 5.74) is 2.86. The van der Waals surface area contributed by atoms with Crippen molar-refractivity contribution < 1.29 is 13.9 Å². The maximum Gasteiger partial charge on any atom is 0.166 e. The van der Waals surface area contributed by atoms with E-state index in [0.717, 1.165) is 11.1 Å². The van der Waals surface area contributed by atoms with E-state index in [4.69, 9.17) is 16.3 Å². The van der Waals surface area contributed by atoms with E-state index in [-0.39, 0.29) is 24.4 Å². The molecule has 0 aliphatic carbocycles. The fourth-order valence-electron chi connectivity index (χ4n) is 2.99. The first-order valence-electron chi connectivity index (χ1n) is 9.00. The minimum atomic E-state index is -0.527. The van der Waals surface area contributed by atoms with Gasteiger partial charge < -0.3 is 4.74 Å². The Morgan fingerprint density at radius 3 is 2.31 bits per heavy atom. The van der Waals surface area contributed by atoms with Crippen LogP contribution in [0, 0.1) is 5.82 Å². The van der Waals surface area contributed by atoms with E-state index >= 15 is 0 Å². The third-order valence-electron chi connectivity index (χ3n) is 4.38. The third kappa shape index (κ3) is 4.76. The summed E-state index contributed by atoms with van der Waals surface area (Å²) in [6.45, 7) is 0. The lowest BCUT2D eigenvalue weighted by molar-refractivity contribution is -0.117. The highest BCUT2D eigenvalue weighted by molar-refractivity contribution is 6.30. The summed E-state index contributed by atoms with van der Waals surface area (Å²) < 4.78 is 20.1. The van der Waals surface area contributed by atoms with Crippen molar-refractivity contribution in [3.63, 3.8) is 0 Å². The summed E-state index contributed by atoms with van der Waals surface area (Å²) in [4.78, 5) is 20.7. The van der Waals surface area contributed by atoms with E-state index in [1.54, 1.807) is 48.8 Å². The summed E-state index contributed by atoms with van der Waals surface area (Å²) in [6, 6.07) is 16.8. The van der Waals surface area contributed by atoms with E-state index in [9.17, 15) is 9.18 Å². The lowest BCUT2D eigenvalue weighted by atomic mass is 10.0. The molecule has 0 N–H and O–H groups in total. The Hall–Kier alpha value is -3.31. The number of hydrogen-bond donors (Lipinski definition) is 0. The second-order valence-corrected chi connectivity index (χ2v) is 7.03. The third-order valence-corrected chi connectivity index (χ3v) is 4.63. The van der Waals surface area contributed by atoms with Crippen molar-refractivity contribution in [1.29, 1.82) is 0 Å². The number of fused-ring (bicyclic) bond motifs is 1. The first kappa shape index (κ1) is 19.0. The number of rotatable bonds is 6. The van der Waals surface area contributed by atoms with Crippen LogP contribution in [0.2, 0.25) is 5.02 Å². The van der Waals surface area contributed by atoms with Crippen LogP contribution in [0.25, 0.3) is 11.0 Å². The number of nitrogens with zero attached hydrogens (tertiary/aromatic N) is 2. The maximum atomic E-state index is 14.5. The Morgan fingerprint density at radius 2 is 1.55 bits per heavy atom. The zero-order valence-corrected chi connectivity index (χ0v) is 16.1. The van der Waals surface area contributed by atoms with E-state index in [2.05, 4.69) is 9.97 Å². The first-order valence-corrected chi connectivity index (χ1v) is 9.38. The zero-order chi connectivity index (χ0) is 20.2. The largest absolute Gasteiger partial charge is 0.454 e. The predicted octanol–water partition coefficient (Wildman–Crippen LogP) is 5.57. The highest BCUT2D eigenvalue weighted by Gasteiger charge is 2.11.